The van der Waals surface area contributed by atoms with Crippen molar-refractivity contribution in [1.82, 2.24) is 34.9 Å². The van der Waals surface area contributed by atoms with Gasteiger partial charge in [0.05, 0.1) is 31.7 Å². The van der Waals surface area contributed by atoms with E-state index in [1.165, 1.54) is 41.2 Å². The number of carbonyl (C=O) groups excluding carboxylic acids is 2. The number of nitrogens with one attached hydrogen (secondary N) is 1. The second-order valence-electron chi connectivity index (χ2n) is 20.1. The number of thioether (sulfide) groups is 1. The summed E-state index contributed by atoms with van der Waals surface area (Å²) < 4.78 is 54.9. The first-order chi connectivity index (χ1) is 34.5. The molecule has 3 aromatic carbocycles. The van der Waals surface area contributed by atoms with Crippen LogP contribution in [0.5, 0.6) is 5.75 Å². The van der Waals surface area contributed by atoms with Gasteiger partial charge in [0.2, 0.25) is 11.8 Å². The van der Waals surface area contributed by atoms with E-state index in [0.29, 0.717) is 55.6 Å². The van der Waals surface area contributed by atoms with Crippen LogP contribution >= 0.6 is 24.4 Å². The van der Waals surface area contributed by atoms with Gasteiger partial charge in [0.15, 0.2) is 11.3 Å². The van der Waals surface area contributed by atoms with Gasteiger partial charge >= 0.3 is 6.03 Å². The van der Waals surface area contributed by atoms with Gasteiger partial charge in [-0.2, -0.15) is 5.10 Å². The van der Waals surface area contributed by atoms with Gasteiger partial charge in [-0.05, 0) is 94.4 Å². The van der Waals surface area contributed by atoms with Gasteiger partial charge in [-0.25, -0.2) is 28.2 Å². The van der Waals surface area contributed by atoms with E-state index in [4.69, 9.17) is 31.3 Å². The van der Waals surface area contributed by atoms with Crippen LogP contribution in [0.1, 0.15) is 64.7 Å². The second-order valence-corrected chi connectivity index (χ2v) is 21.8. The molecule has 4 atom stereocenters. The Labute approximate surface area is 428 Å². The number of β-amino-alcohol motifs (C(OH)–C–C–N with tert-alkyl or cyclic N) is 1. The molecule has 0 spiro atoms. The van der Waals surface area contributed by atoms with Crippen molar-refractivity contribution in [1.29, 1.82) is 0 Å². The number of piperazine rings is 1. The van der Waals surface area contributed by atoms with Gasteiger partial charge in [-0.3, -0.25) is 14.6 Å². The van der Waals surface area contributed by atoms with E-state index in [1.807, 2.05) is 62.4 Å². The molecule has 3 amide bonds. The molecule has 0 saturated carbocycles. The largest absolute Gasteiger partial charge is 0.488 e. The fraction of sp³-hybridized carbons (Fsp3) is 0.510. The van der Waals surface area contributed by atoms with Crippen LogP contribution in [0, 0.1) is 17.6 Å². The Bertz CT molecular complexity index is 2630. The number of hydrogen-bond acceptors (Lipinski definition) is 15. The number of carbonyl (C=O) groups is 2. The number of oxazole rings is 1. The number of hydrogen-bond donors (Lipinski definition) is 3. The molecule has 4 aliphatic rings. The number of rotatable bonds is 17. The SMILES string of the molecule is CC(C)N1C(=O)N(c2ccc(N3CCN(c4ccc(OC[C@H]5OC[C@](Cn6cncn6)(c6ccc(F)cc6F)O5)cc4)CC3)cc2)C(SCc2ncc(C(C)(C)C)o2)C1(S)NC(=O)C1CCN(CCO)CC1. The molecule has 0 radical (unpaired) electrons. The Morgan fingerprint density at radius 3 is 2.24 bits per heavy atom. The standard InChI is InChI=1S/C51H64F2N10O7S2/c1-34(2)63-48(66)62(47(72-29-44-55-27-43(69-44)49(3,4)5)51(63,71)57-46(65)35-16-18-58(19-17-35)24-25-64)39-9-7-37(8-10-39)59-20-22-60(23-21-59)38-11-13-40(14-12-38)67-28-45-68-31-50(70-45,30-61-33-54-32-56-61)41-15-6-36(52)26-42(41)53/h6-15,26-27,32-35,45,47,64,71H,16-25,28-31H2,1-5H3,(H,57,65)/t45-,47?,50+,51?/m0/s1. The van der Waals surface area contributed by atoms with Gasteiger partial charge in [0, 0.05) is 78.8 Å². The third kappa shape index (κ3) is 11.1. The average Bonchev–Trinajstić information content (AvgIpc) is 4.18. The minimum absolute atomic E-state index is 0.00300. The van der Waals surface area contributed by atoms with Gasteiger partial charge in [-0.1, -0.05) is 26.8 Å². The monoisotopic (exact) mass is 1030 g/mol. The lowest BCUT2D eigenvalue weighted by Gasteiger charge is -2.41. The molecule has 17 nitrogen and oxygen atoms in total. The van der Waals surface area contributed by atoms with Gasteiger partial charge in [0.25, 0.3) is 0 Å². The minimum Gasteiger partial charge on any atom is -0.488 e. The first-order valence-corrected chi connectivity index (χ1v) is 26.0. The lowest BCUT2D eigenvalue weighted by molar-refractivity contribution is -0.128. The Hall–Kier alpha value is -5.45. The quantitative estimate of drug-likeness (QED) is 0.0655. The van der Waals surface area contributed by atoms with E-state index < -0.39 is 33.9 Å². The lowest BCUT2D eigenvalue weighted by atomic mass is 9.94. The van der Waals surface area contributed by atoms with Crippen LogP contribution in [0.2, 0.25) is 0 Å². The predicted molar refractivity (Wildman–Crippen MR) is 273 cm³/mol. The predicted octanol–water partition coefficient (Wildman–Crippen LogP) is 6.83. The highest BCUT2D eigenvalue weighted by Gasteiger charge is 2.58. The van der Waals surface area contributed by atoms with Crippen LogP contribution in [0.15, 0.2) is 90.0 Å². The third-order valence-electron chi connectivity index (χ3n) is 13.7. The number of aliphatic hydroxyl groups excluding tert-OH is 1. The molecule has 4 aliphatic heterocycles. The Morgan fingerprint density at radius 2 is 1.64 bits per heavy atom. The summed E-state index contributed by atoms with van der Waals surface area (Å²) in [6.45, 7) is 15.3. The number of piperidine rings is 1. The maximum atomic E-state index is 15.1. The van der Waals surface area contributed by atoms with Crippen LogP contribution in [-0.2, 0) is 37.6 Å². The highest BCUT2D eigenvalue weighted by atomic mass is 32.2. The highest BCUT2D eigenvalue weighted by Crippen LogP contribution is 2.46. The summed E-state index contributed by atoms with van der Waals surface area (Å²) in [5, 5.41) is 16.2. The van der Waals surface area contributed by atoms with Gasteiger partial charge in [-0.15, -0.1) is 24.4 Å². The third-order valence-corrected chi connectivity index (χ3v) is 15.8. The van der Waals surface area contributed by atoms with E-state index in [9.17, 15) is 19.1 Å². The molecular weight excluding hydrogens is 967 g/mol. The molecule has 2 N–H and O–H groups in total. The molecule has 72 heavy (non-hydrogen) atoms. The van der Waals surface area contributed by atoms with E-state index >= 15 is 4.39 Å². The van der Waals surface area contributed by atoms with Crippen LogP contribution < -0.4 is 24.8 Å². The number of aromatic nitrogens is 4. The number of anilines is 3. The second kappa shape index (κ2) is 21.6. The van der Waals surface area contributed by atoms with Crippen LogP contribution in [0.4, 0.5) is 30.6 Å². The molecule has 5 aromatic rings. The number of thiol groups is 1. The molecule has 6 heterocycles. The van der Waals surface area contributed by atoms with E-state index in [0.717, 1.165) is 49.4 Å². The number of amides is 3. The first kappa shape index (κ1) is 51.5. The number of benzene rings is 3. The summed E-state index contributed by atoms with van der Waals surface area (Å²) in [6, 6.07) is 18.6. The maximum absolute atomic E-state index is 15.1. The van der Waals surface area contributed by atoms with Crippen molar-refractivity contribution in [3.63, 3.8) is 0 Å². The van der Waals surface area contributed by atoms with Crippen LogP contribution in [0.3, 0.4) is 0 Å². The topological polar surface area (TPSA) is 167 Å². The molecule has 4 fully saturated rings. The number of likely N-dealkylation sites (tertiary alicyclic amines) is 1. The molecule has 0 aliphatic carbocycles. The fourth-order valence-corrected chi connectivity index (χ4v) is 11.9. The highest BCUT2D eigenvalue weighted by molar-refractivity contribution is 8.00. The number of urea groups is 1. The Balaban J connectivity index is 0.837. The number of aliphatic hydroxyl groups is 1. The lowest BCUT2D eigenvalue weighted by Crippen LogP contribution is -2.62. The Kier molecular flexibility index (Phi) is 15.4. The molecule has 2 unspecified atom stereocenters. The number of halogens is 2. The summed E-state index contributed by atoms with van der Waals surface area (Å²) in [5.74, 6) is 0.397. The zero-order chi connectivity index (χ0) is 50.8. The number of nitrogens with zero attached hydrogens (tertiary/aromatic N) is 9. The first-order valence-electron chi connectivity index (χ1n) is 24.5. The van der Waals surface area contributed by atoms with Gasteiger partial charge in [0.1, 0.15) is 53.4 Å². The molecule has 21 heteroatoms. The number of ether oxygens (including phenoxy) is 3. The molecule has 4 saturated heterocycles. The van der Waals surface area contributed by atoms with Crippen molar-refractivity contribution in [2.75, 3.05) is 80.3 Å². The van der Waals surface area contributed by atoms with Crippen molar-refractivity contribution in [2.45, 2.75) is 93.5 Å². The normalized spacial score (nSPS) is 23.4. The molecule has 2 aromatic heterocycles. The van der Waals surface area contributed by atoms with E-state index in [-0.39, 0.29) is 61.2 Å². The van der Waals surface area contributed by atoms with Gasteiger partial charge < -0.3 is 43.8 Å². The van der Waals surface area contributed by atoms with Crippen molar-refractivity contribution in [3.05, 3.63) is 114 Å². The average molecular weight is 1030 g/mol. The van der Waals surface area contributed by atoms with Crippen molar-refractivity contribution in [2.24, 2.45) is 5.92 Å². The summed E-state index contributed by atoms with van der Waals surface area (Å²) >= 11 is 6.71. The molecular formula is C51H64F2N10O7S2. The summed E-state index contributed by atoms with van der Waals surface area (Å²) in [4.78, 5) is 46.2. The van der Waals surface area contributed by atoms with Crippen LogP contribution in [0.25, 0.3) is 0 Å². The van der Waals surface area contributed by atoms with Crippen molar-refractivity contribution >= 4 is 53.4 Å². The molecule has 0 bridgehead atoms. The van der Waals surface area contributed by atoms with Crippen molar-refractivity contribution in [3.8, 4) is 5.75 Å². The maximum Gasteiger partial charge on any atom is 0.328 e. The zero-order valence-electron chi connectivity index (χ0n) is 41.3. The van der Waals surface area contributed by atoms with E-state index in [2.05, 4.69) is 55.9 Å². The Morgan fingerprint density at radius 1 is 0.972 bits per heavy atom. The smallest absolute Gasteiger partial charge is 0.328 e. The minimum atomic E-state index is -1.38. The zero-order valence-corrected chi connectivity index (χ0v) is 43.0. The molecule has 9 rings (SSSR count). The van der Waals surface area contributed by atoms with Crippen LogP contribution in [-0.4, -0.2) is 135 Å². The van der Waals surface area contributed by atoms with E-state index in [1.54, 1.807) is 16.0 Å². The summed E-state index contributed by atoms with van der Waals surface area (Å²) in [7, 11) is 0. The fourth-order valence-electron chi connectivity index (χ4n) is 9.89. The summed E-state index contributed by atoms with van der Waals surface area (Å²) in [5.41, 5.74) is 1.40. The van der Waals surface area contributed by atoms with Crippen molar-refractivity contribution < 1.29 is 42.1 Å². The molecule has 386 valence electrons. The summed E-state index contributed by atoms with van der Waals surface area (Å²) in [6.07, 6.45) is 5.09.